The molecule has 1 aromatic carbocycles. The van der Waals surface area contributed by atoms with Crippen molar-refractivity contribution in [3.63, 3.8) is 0 Å². The van der Waals surface area contributed by atoms with Crippen LogP contribution in [0, 0.1) is 5.92 Å². The molecule has 0 radical (unpaired) electrons. The lowest BCUT2D eigenvalue weighted by Gasteiger charge is -2.40. The molecule has 1 aliphatic heterocycles. The second-order valence-corrected chi connectivity index (χ2v) is 5.52. The maximum absolute atomic E-state index is 3.64. The molecule has 2 rings (SSSR count). The van der Waals surface area contributed by atoms with Crippen molar-refractivity contribution in [2.75, 3.05) is 13.1 Å². The minimum absolute atomic E-state index is 0.630. The largest absolute Gasteiger partial charge is 0.311 e. The molecule has 0 aromatic heterocycles. The van der Waals surface area contributed by atoms with E-state index in [9.17, 15) is 0 Å². The zero-order chi connectivity index (χ0) is 12.3. The summed E-state index contributed by atoms with van der Waals surface area (Å²) < 4.78 is 0. The van der Waals surface area contributed by atoms with Gasteiger partial charge in [-0.3, -0.25) is 4.90 Å². The molecular formula is C15H24N2. The summed E-state index contributed by atoms with van der Waals surface area (Å²) in [6.45, 7) is 10.3. The maximum Gasteiger partial charge on any atom is 0.0237 e. The van der Waals surface area contributed by atoms with Gasteiger partial charge in [-0.1, -0.05) is 44.2 Å². The Bertz CT molecular complexity index is 334. The number of hydrogen-bond acceptors (Lipinski definition) is 2. The van der Waals surface area contributed by atoms with Gasteiger partial charge in [0.15, 0.2) is 0 Å². The normalized spacial score (nSPS) is 26.4. The Morgan fingerprint density at radius 1 is 1.29 bits per heavy atom. The first-order chi connectivity index (χ1) is 8.16. The molecule has 1 aromatic rings. The molecule has 0 amide bonds. The number of rotatable bonds is 3. The minimum atomic E-state index is 0.630. The summed E-state index contributed by atoms with van der Waals surface area (Å²) in [5.41, 5.74) is 1.42. The lowest BCUT2D eigenvalue weighted by molar-refractivity contribution is 0.116. The Morgan fingerprint density at radius 2 is 2.00 bits per heavy atom. The lowest BCUT2D eigenvalue weighted by atomic mass is 9.99. The summed E-state index contributed by atoms with van der Waals surface area (Å²) in [5.74, 6) is 0.709. The van der Waals surface area contributed by atoms with Crippen molar-refractivity contribution in [3.8, 4) is 0 Å². The van der Waals surface area contributed by atoms with Crippen LogP contribution < -0.4 is 5.32 Å². The van der Waals surface area contributed by atoms with Crippen LogP contribution >= 0.6 is 0 Å². The molecule has 0 aliphatic carbocycles. The lowest BCUT2D eigenvalue weighted by Crippen LogP contribution is -2.56. The van der Waals surface area contributed by atoms with E-state index in [1.807, 2.05) is 0 Å². The predicted octanol–water partition coefficient (Wildman–Crippen LogP) is 2.50. The van der Waals surface area contributed by atoms with Crippen molar-refractivity contribution < 1.29 is 0 Å². The first kappa shape index (κ1) is 12.6. The molecule has 2 atom stereocenters. The second kappa shape index (κ2) is 5.65. The van der Waals surface area contributed by atoms with Gasteiger partial charge in [-0.05, 0) is 18.4 Å². The van der Waals surface area contributed by atoms with Crippen LogP contribution in [0.3, 0.4) is 0 Å². The van der Waals surface area contributed by atoms with Crippen LogP contribution in [0.4, 0.5) is 0 Å². The molecule has 1 saturated heterocycles. The summed E-state index contributed by atoms with van der Waals surface area (Å²) in [4.78, 5) is 2.59. The van der Waals surface area contributed by atoms with Crippen LogP contribution in [-0.2, 0) is 6.54 Å². The topological polar surface area (TPSA) is 15.3 Å². The molecule has 0 saturated carbocycles. The number of hydrogen-bond donors (Lipinski definition) is 1. The standard InChI is InChI=1S/C15H24N2/c1-12(2)15-11-17(13(3)9-16-15)10-14-7-5-4-6-8-14/h4-8,12-13,15-16H,9-11H2,1-3H3/t13-,15-/m0/s1. The average molecular weight is 232 g/mol. The Kier molecular flexibility index (Phi) is 4.19. The fourth-order valence-electron chi connectivity index (χ4n) is 2.43. The van der Waals surface area contributed by atoms with Gasteiger partial charge in [-0.25, -0.2) is 0 Å². The molecule has 1 N–H and O–H groups in total. The van der Waals surface area contributed by atoms with Crippen LogP contribution in [0.15, 0.2) is 30.3 Å². The molecule has 94 valence electrons. The fraction of sp³-hybridized carbons (Fsp3) is 0.600. The summed E-state index contributed by atoms with van der Waals surface area (Å²) in [6.07, 6.45) is 0. The summed E-state index contributed by atoms with van der Waals surface area (Å²) in [7, 11) is 0. The monoisotopic (exact) mass is 232 g/mol. The van der Waals surface area contributed by atoms with Crippen molar-refractivity contribution in [2.24, 2.45) is 5.92 Å². The Morgan fingerprint density at radius 3 is 2.65 bits per heavy atom. The maximum atomic E-state index is 3.64. The van der Waals surface area contributed by atoms with Gasteiger partial charge in [0, 0.05) is 31.7 Å². The van der Waals surface area contributed by atoms with Crippen molar-refractivity contribution >= 4 is 0 Å². The van der Waals surface area contributed by atoms with Crippen LogP contribution in [0.2, 0.25) is 0 Å². The Hall–Kier alpha value is -0.860. The van der Waals surface area contributed by atoms with Crippen molar-refractivity contribution in [1.29, 1.82) is 0 Å². The first-order valence-corrected chi connectivity index (χ1v) is 6.68. The zero-order valence-corrected chi connectivity index (χ0v) is 11.2. The van der Waals surface area contributed by atoms with Gasteiger partial charge in [-0.2, -0.15) is 0 Å². The zero-order valence-electron chi connectivity index (χ0n) is 11.2. The Balaban J connectivity index is 1.99. The second-order valence-electron chi connectivity index (χ2n) is 5.52. The summed E-state index contributed by atoms with van der Waals surface area (Å²) >= 11 is 0. The van der Waals surface area contributed by atoms with Gasteiger partial charge in [0.05, 0.1) is 0 Å². The van der Waals surface area contributed by atoms with Crippen LogP contribution in [0.25, 0.3) is 0 Å². The predicted molar refractivity (Wildman–Crippen MR) is 72.9 cm³/mol. The van der Waals surface area contributed by atoms with E-state index >= 15 is 0 Å². The number of benzene rings is 1. The van der Waals surface area contributed by atoms with Gasteiger partial charge in [0.25, 0.3) is 0 Å². The van der Waals surface area contributed by atoms with Gasteiger partial charge in [-0.15, -0.1) is 0 Å². The van der Waals surface area contributed by atoms with Crippen LogP contribution in [0.1, 0.15) is 26.3 Å². The quantitative estimate of drug-likeness (QED) is 0.861. The molecule has 2 heteroatoms. The third-order valence-corrected chi connectivity index (χ3v) is 3.76. The number of nitrogens with one attached hydrogen (secondary N) is 1. The smallest absolute Gasteiger partial charge is 0.0237 e. The third-order valence-electron chi connectivity index (χ3n) is 3.76. The molecule has 2 nitrogen and oxygen atoms in total. The Labute approximate surface area is 105 Å². The molecule has 0 unspecified atom stereocenters. The van der Waals surface area contributed by atoms with E-state index < -0.39 is 0 Å². The van der Waals surface area contributed by atoms with Gasteiger partial charge >= 0.3 is 0 Å². The number of nitrogens with zero attached hydrogens (tertiary/aromatic N) is 1. The van der Waals surface area contributed by atoms with Crippen molar-refractivity contribution in [3.05, 3.63) is 35.9 Å². The highest BCUT2D eigenvalue weighted by atomic mass is 15.2. The van der Waals surface area contributed by atoms with Gasteiger partial charge in [0.1, 0.15) is 0 Å². The molecule has 1 aliphatic rings. The first-order valence-electron chi connectivity index (χ1n) is 6.68. The van der Waals surface area contributed by atoms with E-state index in [1.54, 1.807) is 0 Å². The fourth-order valence-corrected chi connectivity index (χ4v) is 2.43. The molecule has 0 bridgehead atoms. The average Bonchev–Trinajstić information content (AvgIpc) is 2.33. The minimum Gasteiger partial charge on any atom is -0.311 e. The van der Waals surface area contributed by atoms with E-state index in [0.29, 0.717) is 18.0 Å². The van der Waals surface area contributed by atoms with E-state index in [4.69, 9.17) is 0 Å². The highest BCUT2D eigenvalue weighted by Crippen LogP contribution is 2.15. The molecule has 1 heterocycles. The van der Waals surface area contributed by atoms with E-state index in [-0.39, 0.29) is 0 Å². The van der Waals surface area contributed by atoms with E-state index in [0.717, 1.165) is 19.6 Å². The third kappa shape index (κ3) is 3.30. The van der Waals surface area contributed by atoms with E-state index in [1.165, 1.54) is 5.56 Å². The van der Waals surface area contributed by atoms with Gasteiger partial charge in [0.2, 0.25) is 0 Å². The van der Waals surface area contributed by atoms with E-state index in [2.05, 4.69) is 61.3 Å². The molecule has 17 heavy (non-hydrogen) atoms. The summed E-state index contributed by atoms with van der Waals surface area (Å²) in [5, 5.41) is 3.64. The molecular weight excluding hydrogens is 208 g/mol. The number of piperazine rings is 1. The van der Waals surface area contributed by atoms with Crippen molar-refractivity contribution in [1.82, 2.24) is 10.2 Å². The van der Waals surface area contributed by atoms with Gasteiger partial charge < -0.3 is 5.32 Å². The highest BCUT2D eigenvalue weighted by molar-refractivity contribution is 5.14. The SMILES string of the molecule is CC(C)[C@@H]1CN(Cc2ccccc2)[C@@H](C)CN1. The van der Waals surface area contributed by atoms with Crippen LogP contribution in [-0.4, -0.2) is 30.1 Å². The van der Waals surface area contributed by atoms with Crippen molar-refractivity contribution in [2.45, 2.75) is 39.4 Å². The molecule has 1 fully saturated rings. The molecule has 0 spiro atoms. The summed E-state index contributed by atoms with van der Waals surface area (Å²) in [6, 6.07) is 12.0. The highest BCUT2D eigenvalue weighted by Gasteiger charge is 2.26. The van der Waals surface area contributed by atoms with Crippen LogP contribution in [0.5, 0.6) is 0 Å².